The standard InChI is InChI=1S/C14H26N2O4/c1-2-3-7-12(13(18)19)15-14(20)16-9-5-4-6-11(16)8-10-17/h11-12,17H,2-10H2,1H3,(H,15,20)(H,18,19). The molecule has 2 amide bonds. The number of rotatable bonds is 7. The minimum atomic E-state index is -0.984. The molecule has 0 aromatic rings. The number of nitrogens with zero attached hydrogens (tertiary/aromatic N) is 1. The van der Waals surface area contributed by atoms with Gasteiger partial charge in [0.2, 0.25) is 0 Å². The Bertz CT molecular complexity index is 320. The summed E-state index contributed by atoms with van der Waals surface area (Å²) in [5, 5.41) is 20.8. The number of carboxylic acid groups (broad SMARTS) is 1. The zero-order valence-electron chi connectivity index (χ0n) is 12.2. The van der Waals surface area contributed by atoms with Crippen LogP contribution in [0.4, 0.5) is 4.79 Å². The number of aliphatic hydroxyl groups is 1. The molecule has 2 unspecified atom stereocenters. The van der Waals surface area contributed by atoms with Gasteiger partial charge in [0.1, 0.15) is 6.04 Å². The number of carboxylic acids is 1. The second-order valence-electron chi connectivity index (χ2n) is 5.34. The molecule has 3 N–H and O–H groups in total. The first kappa shape index (κ1) is 16.8. The fourth-order valence-electron chi connectivity index (χ4n) is 2.61. The molecule has 0 aromatic carbocycles. The van der Waals surface area contributed by atoms with E-state index in [1.807, 2.05) is 6.92 Å². The molecule has 0 saturated carbocycles. The van der Waals surface area contributed by atoms with Gasteiger partial charge in [0.25, 0.3) is 0 Å². The number of nitrogens with one attached hydrogen (secondary N) is 1. The molecule has 6 nitrogen and oxygen atoms in total. The number of piperidine rings is 1. The minimum absolute atomic E-state index is 0.0226. The summed E-state index contributed by atoms with van der Waals surface area (Å²) in [6, 6.07) is -1.11. The van der Waals surface area contributed by atoms with E-state index in [4.69, 9.17) is 10.2 Å². The number of amides is 2. The maximum atomic E-state index is 12.2. The minimum Gasteiger partial charge on any atom is -0.480 e. The van der Waals surface area contributed by atoms with Gasteiger partial charge in [0.15, 0.2) is 0 Å². The molecule has 1 rings (SSSR count). The third kappa shape index (κ3) is 5.00. The average molecular weight is 286 g/mol. The number of hydrogen-bond acceptors (Lipinski definition) is 3. The summed E-state index contributed by atoms with van der Waals surface area (Å²) in [4.78, 5) is 25.1. The largest absolute Gasteiger partial charge is 0.480 e. The third-order valence-electron chi connectivity index (χ3n) is 3.79. The summed E-state index contributed by atoms with van der Waals surface area (Å²) in [5.74, 6) is -0.984. The maximum Gasteiger partial charge on any atom is 0.326 e. The van der Waals surface area contributed by atoms with Crippen LogP contribution in [0.5, 0.6) is 0 Å². The van der Waals surface area contributed by atoms with E-state index >= 15 is 0 Å². The van der Waals surface area contributed by atoms with Crippen molar-refractivity contribution >= 4 is 12.0 Å². The fourth-order valence-corrected chi connectivity index (χ4v) is 2.61. The Morgan fingerprint density at radius 2 is 2.15 bits per heavy atom. The molecule has 116 valence electrons. The summed E-state index contributed by atoms with van der Waals surface area (Å²) in [6.45, 7) is 2.67. The van der Waals surface area contributed by atoms with Gasteiger partial charge in [-0.15, -0.1) is 0 Å². The Morgan fingerprint density at radius 3 is 2.75 bits per heavy atom. The Morgan fingerprint density at radius 1 is 1.40 bits per heavy atom. The highest BCUT2D eigenvalue weighted by Crippen LogP contribution is 2.19. The quantitative estimate of drug-likeness (QED) is 0.662. The van der Waals surface area contributed by atoms with Crippen LogP contribution in [0.3, 0.4) is 0 Å². The highest BCUT2D eigenvalue weighted by molar-refractivity contribution is 5.82. The lowest BCUT2D eigenvalue weighted by Crippen LogP contribution is -2.53. The van der Waals surface area contributed by atoms with E-state index < -0.39 is 12.0 Å². The number of aliphatic carboxylic acids is 1. The molecule has 0 aliphatic carbocycles. The third-order valence-corrected chi connectivity index (χ3v) is 3.79. The smallest absolute Gasteiger partial charge is 0.326 e. The molecular formula is C14H26N2O4. The van der Waals surface area contributed by atoms with E-state index in [0.717, 1.165) is 32.1 Å². The van der Waals surface area contributed by atoms with Crippen LogP contribution in [0.15, 0.2) is 0 Å². The van der Waals surface area contributed by atoms with Gasteiger partial charge in [0.05, 0.1) is 0 Å². The first-order chi connectivity index (χ1) is 9.60. The summed E-state index contributed by atoms with van der Waals surface area (Å²) in [6.07, 6.45) is 5.54. The molecule has 20 heavy (non-hydrogen) atoms. The Labute approximate surface area is 120 Å². The van der Waals surface area contributed by atoms with E-state index in [1.165, 1.54) is 0 Å². The van der Waals surface area contributed by atoms with Crippen LogP contribution >= 0.6 is 0 Å². The van der Waals surface area contributed by atoms with E-state index in [9.17, 15) is 9.59 Å². The number of aliphatic hydroxyl groups excluding tert-OH is 1. The van der Waals surface area contributed by atoms with Crippen LogP contribution in [0.2, 0.25) is 0 Å². The van der Waals surface area contributed by atoms with Crippen molar-refractivity contribution in [2.24, 2.45) is 0 Å². The predicted molar refractivity (Wildman–Crippen MR) is 75.5 cm³/mol. The molecule has 0 spiro atoms. The Balaban J connectivity index is 2.58. The van der Waals surface area contributed by atoms with E-state index in [1.54, 1.807) is 4.90 Å². The SMILES string of the molecule is CCCCC(NC(=O)N1CCCCC1CCO)C(=O)O. The highest BCUT2D eigenvalue weighted by atomic mass is 16.4. The first-order valence-electron chi connectivity index (χ1n) is 7.51. The number of carbonyl (C=O) groups is 2. The monoisotopic (exact) mass is 286 g/mol. The van der Waals surface area contributed by atoms with Crippen molar-refractivity contribution in [1.29, 1.82) is 0 Å². The van der Waals surface area contributed by atoms with Crippen LogP contribution in [-0.2, 0) is 4.79 Å². The van der Waals surface area contributed by atoms with Crippen molar-refractivity contribution < 1.29 is 19.8 Å². The van der Waals surface area contributed by atoms with Crippen molar-refractivity contribution in [2.75, 3.05) is 13.2 Å². The normalized spacial score (nSPS) is 20.5. The zero-order valence-corrected chi connectivity index (χ0v) is 12.2. The molecule has 1 saturated heterocycles. The lowest BCUT2D eigenvalue weighted by molar-refractivity contribution is -0.139. The summed E-state index contributed by atoms with van der Waals surface area (Å²) >= 11 is 0. The topological polar surface area (TPSA) is 89.9 Å². The van der Waals surface area contributed by atoms with Crippen LogP contribution < -0.4 is 5.32 Å². The molecular weight excluding hydrogens is 260 g/mol. The lowest BCUT2D eigenvalue weighted by Gasteiger charge is -2.36. The van der Waals surface area contributed by atoms with Crippen LogP contribution in [0, 0.1) is 0 Å². The fraction of sp³-hybridized carbons (Fsp3) is 0.857. The molecule has 0 aromatic heterocycles. The van der Waals surface area contributed by atoms with Crippen molar-refractivity contribution in [3.8, 4) is 0 Å². The first-order valence-corrected chi connectivity index (χ1v) is 7.51. The van der Waals surface area contributed by atoms with Gasteiger partial charge >= 0.3 is 12.0 Å². The number of hydrogen-bond donors (Lipinski definition) is 3. The van der Waals surface area contributed by atoms with E-state index in [0.29, 0.717) is 19.4 Å². The van der Waals surface area contributed by atoms with Crippen LogP contribution in [0.25, 0.3) is 0 Å². The predicted octanol–water partition coefficient (Wildman–Crippen LogP) is 1.58. The van der Waals surface area contributed by atoms with Gasteiger partial charge in [-0.25, -0.2) is 9.59 Å². The molecule has 2 atom stereocenters. The second-order valence-corrected chi connectivity index (χ2v) is 5.34. The summed E-state index contributed by atoms with van der Waals surface area (Å²) in [5.41, 5.74) is 0. The van der Waals surface area contributed by atoms with Crippen molar-refractivity contribution in [3.63, 3.8) is 0 Å². The van der Waals surface area contributed by atoms with Gasteiger partial charge in [-0.05, 0) is 32.1 Å². The Hall–Kier alpha value is -1.30. The summed E-state index contributed by atoms with van der Waals surface area (Å²) < 4.78 is 0. The number of likely N-dealkylation sites (tertiary alicyclic amines) is 1. The molecule has 1 aliphatic rings. The second kappa shape index (κ2) is 8.79. The molecule has 0 radical (unpaired) electrons. The number of unbranched alkanes of at least 4 members (excludes halogenated alkanes) is 1. The van der Waals surface area contributed by atoms with Gasteiger partial charge < -0.3 is 20.4 Å². The highest BCUT2D eigenvalue weighted by Gasteiger charge is 2.29. The van der Waals surface area contributed by atoms with Gasteiger partial charge in [0, 0.05) is 19.2 Å². The van der Waals surface area contributed by atoms with E-state index in [2.05, 4.69) is 5.32 Å². The van der Waals surface area contributed by atoms with Crippen LogP contribution in [-0.4, -0.2) is 52.3 Å². The van der Waals surface area contributed by atoms with Crippen LogP contribution in [0.1, 0.15) is 51.9 Å². The lowest BCUT2D eigenvalue weighted by atomic mass is 10.00. The van der Waals surface area contributed by atoms with Crippen molar-refractivity contribution in [1.82, 2.24) is 10.2 Å². The number of carbonyl (C=O) groups excluding carboxylic acids is 1. The summed E-state index contributed by atoms with van der Waals surface area (Å²) in [7, 11) is 0. The van der Waals surface area contributed by atoms with Gasteiger partial charge in [-0.1, -0.05) is 19.8 Å². The maximum absolute atomic E-state index is 12.2. The van der Waals surface area contributed by atoms with Crippen molar-refractivity contribution in [2.45, 2.75) is 64.0 Å². The zero-order chi connectivity index (χ0) is 15.0. The molecule has 1 aliphatic heterocycles. The molecule has 0 bridgehead atoms. The van der Waals surface area contributed by atoms with Crippen molar-refractivity contribution in [3.05, 3.63) is 0 Å². The average Bonchev–Trinajstić information content (AvgIpc) is 2.43. The van der Waals surface area contributed by atoms with Gasteiger partial charge in [-0.3, -0.25) is 0 Å². The molecule has 1 heterocycles. The molecule has 6 heteroatoms. The van der Waals surface area contributed by atoms with E-state index in [-0.39, 0.29) is 18.7 Å². The number of urea groups is 1. The molecule has 1 fully saturated rings. The Kier molecular flexibility index (Phi) is 7.36. The van der Waals surface area contributed by atoms with Gasteiger partial charge in [-0.2, -0.15) is 0 Å².